The molecule has 0 radical (unpaired) electrons. The average Bonchev–Trinajstić information content (AvgIpc) is 2.91. The Morgan fingerprint density at radius 1 is 1.24 bits per heavy atom. The van der Waals surface area contributed by atoms with Crippen molar-refractivity contribution >= 4 is 10.9 Å². The number of aromatic amines is 1. The predicted octanol–water partition coefficient (Wildman–Crippen LogP) is 1.43. The molecule has 2 heterocycles. The van der Waals surface area contributed by atoms with Crippen LogP contribution in [0.2, 0.25) is 0 Å². The van der Waals surface area contributed by atoms with E-state index in [4.69, 9.17) is 0 Å². The summed E-state index contributed by atoms with van der Waals surface area (Å²) in [4.78, 5) is 4.23. The molecular formula is C12H10N4O. The van der Waals surface area contributed by atoms with Crippen LogP contribution in [0.4, 0.5) is 0 Å². The van der Waals surface area contributed by atoms with Gasteiger partial charge in [-0.2, -0.15) is 15.4 Å². The van der Waals surface area contributed by atoms with Crippen LogP contribution >= 0.6 is 0 Å². The molecule has 0 saturated heterocycles. The highest BCUT2D eigenvalue weighted by atomic mass is 16.3. The molecule has 1 aromatic carbocycles. The van der Waals surface area contributed by atoms with E-state index in [1.54, 1.807) is 6.20 Å². The molecular weight excluding hydrogens is 216 g/mol. The quantitative estimate of drug-likeness (QED) is 0.693. The van der Waals surface area contributed by atoms with Gasteiger partial charge in [-0.3, -0.25) is 4.98 Å². The molecule has 5 heteroatoms. The van der Waals surface area contributed by atoms with E-state index < -0.39 is 6.10 Å². The third-order valence-electron chi connectivity index (χ3n) is 2.66. The minimum Gasteiger partial charge on any atom is -0.382 e. The molecule has 0 spiro atoms. The summed E-state index contributed by atoms with van der Waals surface area (Å²) in [6, 6.07) is 9.46. The molecule has 1 atom stereocenters. The van der Waals surface area contributed by atoms with Crippen LogP contribution in [0.1, 0.15) is 17.4 Å². The highest BCUT2D eigenvalue weighted by Gasteiger charge is 2.13. The van der Waals surface area contributed by atoms with Gasteiger partial charge in [-0.1, -0.05) is 12.1 Å². The molecule has 0 fully saturated rings. The Bertz CT molecular complexity index is 636. The van der Waals surface area contributed by atoms with Crippen LogP contribution in [-0.4, -0.2) is 25.5 Å². The summed E-state index contributed by atoms with van der Waals surface area (Å²) in [7, 11) is 0. The van der Waals surface area contributed by atoms with E-state index >= 15 is 0 Å². The van der Waals surface area contributed by atoms with Crippen molar-refractivity contribution in [2.24, 2.45) is 0 Å². The zero-order valence-electron chi connectivity index (χ0n) is 8.91. The van der Waals surface area contributed by atoms with Crippen LogP contribution in [0.15, 0.2) is 42.7 Å². The van der Waals surface area contributed by atoms with E-state index in [1.165, 1.54) is 6.20 Å². The van der Waals surface area contributed by atoms with Gasteiger partial charge in [0.25, 0.3) is 0 Å². The van der Waals surface area contributed by atoms with Gasteiger partial charge in [-0.25, -0.2) is 0 Å². The number of nitrogens with zero attached hydrogens (tertiary/aromatic N) is 3. The predicted molar refractivity (Wildman–Crippen MR) is 62.2 cm³/mol. The number of H-pyrrole nitrogens is 1. The van der Waals surface area contributed by atoms with Crippen molar-refractivity contribution < 1.29 is 5.11 Å². The number of pyridine rings is 1. The number of nitrogens with one attached hydrogen (secondary N) is 1. The van der Waals surface area contributed by atoms with Gasteiger partial charge in [0.15, 0.2) is 0 Å². The van der Waals surface area contributed by atoms with Gasteiger partial charge < -0.3 is 5.11 Å². The van der Waals surface area contributed by atoms with Gasteiger partial charge in [0.1, 0.15) is 11.8 Å². The standard InChI is InChI=1S/C12H10N4O/c17-12(11-7-14-16-15-11)9-3-4-10-8(6-9)2-1-5-13-10/h1-7,12,17H,(H,14,15,16). The van der Waals surface area contributed by atoms with Gasteiger partial charge in [0.2, 0.25) is 0 Å². The van der Waals surface area contributed by atoms with Crippen LogP contribution in [-0.2, 0) is 0 Å². The lowest BCUT2D eigenvalue weighted by Gasteiger charge is -2.08. The molecule has 3 rings (SSSR count). The van der Waals surface area contributed by atoms with E-state index in [0.717, 1.165) is 16.5 Å². The Kier molecular flexibility index (Phi) is 2.31. The second-order valence-corrected chi connectivity index (χ2v) is 3.75. The van der Waals surface area contributed by atoms with E-state index in [1.807, 2.05) is 30.3 Å². The first-order valence-electron chi connectivity index (χ1n) is 5.23. The summed E-state index contributed by atoms with van der Waals surface area (Å²) in [6.07, 6.45) is 2.49. The number of aliphatic hydroxyl groups is 1. The molecule has 0 aliphatic rings. The molecule has 0 saturated carbocycles. The maximum absolute atomic E-state index is 10.1. The average molecular weight is 226 g/mol. The maximum Gasteiger partial charge on any atom is 0.124 e. The fourth-order valence-electron chi connectivity index (χ4n) is 1.78. The van der Waals surface area contributed by atoms with E-state index in [0.29, 0.717) is 5.69 Å². The fourth-order valence-corrected chi connectivity index (χ4v) is 1.78. The molecule has 0 aliphatic carbocycles. The molecule has 84 valence electrons. The Morgan fingerprint density at radius 3 is 3.00 bits per heavy atom. The highest BCUT2D eigenvalue weighted by Crippen LogP contribution is 2.22. The number of aromatic nitrogens is 4. The molecule has 2 N–H and O–H groups in total. The highest BCUT2D eigenvalue weighted by molar-refractivity contribution is 5.79. The van der Waals surface area contributed by atoms with Gasteiger partial charge in [0.05, 0.1) is 11.7 Å². The molecule has 3 aromatic rings. The largest absolute Gasteiger partial charge is 0.382 e. The summed E-state index contributed by atoms with van der Waals surface area (Å²) in [5, 5.41) is 21.1. The van der Waals surface area contributed by atoms with Gasteiger partial charge in [-0.15, -0.1) is 0 Å². The number of benzene rings is 1. The normalized spacial score (nSPS) is 12.8. The number of rotatable bonds is 2. The van der Waals surface area contributed by atoms with Crippen LogP contribution in [0.5, 0.6) is 0 Å². The summed E-state index contributed by atoms with van der Waals surface area (Å²) in [5.41, 5.74) is 2.19. The van der Waals surface area contributed by atoms with Crippen LogP contribution in [0.25, 0.3) is 10.9 Å². The van der Waals surface area contributed by atoms with Crippen LogP contribution in [0, 0.1) is 0 Å². The number of aliphatic hydroxyl groups excluding tert-OH is 1. The Morgan fingerprint density at radius 2 is 2.18 bits per heavy atom. The summed E-state index contributed by atoms with van der Waals surface area (Å²) >= 11 is 0. The number of fused-ring (bicyclic) bond motifs is 1. The summed E-state index contributed by atoms with van der Waals surface area (Å²) in [6.45, 7) is 0. The summed E-state index contributed by atoms with van der Waals surface area (Å²) in [5.74, 6) is 0. The molecule has 5 nitrogen and oxygen atoms in total. The first kappa shape index (κ1) is 9.92. The van der Waals surface area contributed by atoms with Crippen LogP contribution in [0.3, 0.4) is 0 Å². The van der Waals surface area contributed by atoms with E-state index in [2.05, 4.69) is 20.4 Å². The van der Waals surface area contributed by atoms with E-state index in [9.17, 15) is 5.11 Å². The third kappa shape index (κ3) is 1.76. The van der Waals surface area contributed by atoms with Crippen molar-refractivity contribution in [2.75, 3.05) is 0 Å². The summed E-state index contributed by atoms with van der Waals surface area (Å²) < 4.78 is 0. The lowest BCUT2D eigenvalue weighted by atomic mass is 10.0. The van der Waals surface area contributed by atoms with Gasteiger partial charge in [-0.05, 0) is 23.8 Å². The monoisotopic (exact) mass is 226 g/mol. The molecule has 1 unspecified atom stereocenters. The van der Waals surface area contributed by atoms with Crippen molar-refractivity contribution in [2.45, 2.75) is 6.10 Å². The molecule has 17 heavy (non-hydrogen) atoms. The van der Waals surface area contributed by atoms with E-state index in [-0.39, 0.29) is 0 Å². The lowest BCUT2D eigenvalue weighted by Crippen LogP contribution is -2.00. The molecule has 0 amide bonds. The first-order valence-corrected chi connectivity index (χ1v) is 5.23. The maximum atomic E-state index is 10.1. The second kappa shape index (κ2) is 3.95. The number of hydrogen-bond donors (Lipinski definition) is 2. The Hall–Kier alpha value is -2.27. The number of hydrogen-bond acceptors (Lipinski definition) is 4. The first-order chi connectivity index (χ1) is 8.34. The van der Waals surface area contributed by atoms with Crippen LogP contribution < -0.4 is 0 Å². The zero-order valence-corrected chi connectivity index (χ0v) is 8.91. The minimum absolute atomic E-state index is 0.508. The van der Waals surface area contributed by atoms with Gasteiger partial charge >= 0.3 is 0 Å². The fraction of sp³-hybridized carbons (Fsp3) is 0.0833. The van der Waals surface area contributed by atoms with Crippen molar-refractivity contribution in [1.82, 2.24) is 20.4 Å². The van der Waals surface area contributed by atoms with Crippen molar-refractivity contribution in [3.63, 3.8) is 0 Å². The van der Waals surface area contributed by atoms with Gasteiger partial charge in [0, 0.05) is 11.6 Å². The van der Waals surface area contributed by atoms with Crippen molar-refractivity contribution in [1.29, 1.82) is 0 Å². The lowest BCUT2D eigenvalue weighted by molar-refractivity contribution is 0.215. The SMILES string of the molecule is OC(c1ccc2ncccc2c1)c1cn[nH]n1. The van der Waals surface area contributed by atoms with Crippen molar-refractivity contribution in [3.05, 3.63) is 54.0 Å². The molecule has 0 bridgehead atoms. The second-order valence-electron chi connectivity index (χ2n) is 3.75. The Balaban J connectivity index is 2.06. The smallest absolute Gasteiger partial charge is 0.124 e. The minimum atomic E-state index is -0.765. The zero-order chi connectivity index (χ0) is 11.7. The topological polar surface area (TPSA) is 74.7 Å². The van der Waals surface area contributed by atoms with Crippen molar-refractivity contribution in [3.8, 4) is 0 Å². The third-order valence-corrected chi connectivity index (χ3v) is 2.66. The molecule has 0 aliphatic heterocycles. The Labute approximate surface area is 97.1 Å². The molecule has 2 aromatic heterocycles.